The second-order valence-electron chi connectivity index (χ2n) is 8.77. The van der Waals surface area contributed by atoms with Crippen molar-refractivity contribution >= 4 is 28.8 Å². The molecule has 1 aliphatic heterocycles. The van der Waals surface area contributed by atoms with Crippen molar-refractivity contribution in [1.29, 1.82) is 0 Å². The number of aromatic nitrogens is 5. The Morgan fingerprint density at radius 3 is 2.95 bits per heavy atom. The fourth-order valence-corrected chi connectivity index (χ4v) is 4.43. The molecule has 190 valence electrons. The summed E-state index contributed by atoms with van der Waals surface area (Å²) >= 11 is 0. The Bertz CT molecular complexity index is 1540. The molecule has 1 amide bonds. The van der Waals surface area contributed by atoms with Gasteiger partial charge in [0.05, 0.1) is 25.9 Å². The first-order valence-electron chi connectivity index (χ1n) is 11.9. The second kappa shape index (κ2) is 10.2. The highest BCUT2D eigenvalue weighted by atomic mass is 16.5. The van der Waals surface area contributed by atoms with Gasteiger partial charge < -0.3 is 20.3 Å². The van der Waals surface area contributed by atoms with Crippen molar-refractivity contribution in [1.82, 2.24) is 34.5 Å². The van der Waals surface area contributed by atoms with Crippen molar-refractivity contribution in [2.75, 3.05) is 26.0 Å². The van der Waals surface area contributed by atoms with Gasteiger partial charge in [-0.05, 0) is 48.4 Å². The Kier molecular flexibility index (Phi) is 6.69. The monoisotopic (exact) mass is 500 g/mol. The number of allylic oxidation sites excluding steroid dienone is 1. The topological polar surface area (TPSA) is 119 Å². The zero-order valence-corrected chi connectivity index (χ0v) is 20.8. The summed E-state index contributed by atoms with van der Waals surface area (Å²) in [5.41, 5.74) is 4.24. The molecule has 4 aromatic rings. The Morgan fingerprint density at radius 2 is 2.14 bits per heavy atom. The number of anilines is 2. The van der Waals surface area contributed by atoms with Gasteiger partial charge in [-0.25, -0.2) is 24.1 Å². The molecular formula is C26H28N8O3. The lowest BCUT2D eigenvalue weighted by Crippen LogP contribution is -2.27. The maximum Gasteiger partial charge on any atom is 0.409 e. The molecule has 0 unspecified atom stereocenters. The quantitative estimate of drug-likeness (QED) is 0.372. The molecule has 11 heteroatoms. The largest absolute Gasteiger partial charge is 0.453 e. The Morgan fingerprint density at radius 1 is 1.27 bits per heavy atom. The average Bonchev–Trinajstić information content (AvgIpc) is 3.19. The van der Waals surface area contributed by atoms with Crippen LogP contribution in [0.1, 0.15) is 16.8 Å². The number of fused-ring (bicyclic) bond motifs is 2. The van der Waals surface area contributed by atoms with E-state index in [2.05, 4.69) is 34.3 Å². The van der Waals surface area contributed by atoms with Crippen LogP contribution in [0.4, 0.5) is 16.4 Å². The number of methoxy groups -OCH3 is 1. The van der Waals surface area contributed by atoms with Gasteiger partial charge in [-0.2, -0.15) is 4.98 Å². The van der Waals surface area contributed by atoms with Gasteiger partial charge in [-0.15, -0.1) is 6.58 Å². The fraction of sp³-hybridized carbons (Fsp3) is 0.269. The van der Waals surface area contributed by atoms with Crippen LogP contribution < -0.4 is 16.2 Å². The predicted octanol–water partition coefficient (Wildman–Crippen LogP) is 2.75. The number of benzene rings is 1. The lowest BCUT2D eigenvalue weighted by molar-refractivity contribution is 0.131. The van der Waals surface area contributed by atoms with E-state index in [1.165, 1.54) is 34.0 Å². The lowest BCUT2D eigenvalue weighted by Gasteiger charge is -2.18. The van der Waals surface area contributed by atoms with E-state index in [9.17, 15) is 9.59 Å². The molecule has 0 atom stereocenters. The number of ether oxygens (including phenoxy) is 1. The Labute approximate surface area is 213 Å². The summed E-state index contributed by atoms with van der Waals surface area (Å²) in [5.74, 6) is 0.850. The van der Waals surface area contributed by atoms with Crippen LogP contribution in [-0.4, -0.2) is 56.0 Å². The van der Waals surface area contributed by atoms with Gasteiger partial charge in [-0.3, -0.25) is 4.79 Å². The van der Waals surface area contributed by atoms with Gasteiger partial charge in [0.2, 0.25) is 5.95 Å². The fourth-order valence-electron chi connectivity index (χ4n) is 4.43. The van der Waals surface area contributed by atoms with Crippen LogP contribution in [0.15, 0.2) is 60.0 Å². The first-order chi connectivity index (χ1) is 18.0. The number of nitrogens with one attached hydrogen (secondary N) is 2. The summed E-state index contributed by atoms with van der Waals surface area (Å²) < 4.78 is 7.95. The van der Waals surface area contributed by atoms with E-state index in [0.717, 1.165) is 25.2 Å². The molecule has 11 nitrogen and oxygen atoms in total. The number of nitrogens with zero attached hydrogens (tertiary/aromatic N) is 6. The number of hydrogen-bond donors (Lipinski definition) is 2. The van der Waals surface area contributed by atoms with Crippen molar-refractivity contribution in [2.24, 2.45) is 0 Å². The van der Waals surface area contributed by atoms with E-state index < -0.39 is 6.09 Å². The first kappa shape index (κ1) is 24.2. The van der Waals surface area contributed by atoms with Gasteiger partial charge in [0.1, 0.15) is 5.39 Å². The van der Waals surface area contributed by atoms with Gasteiger partial charge >= 0.3 is 6.09 Å². The number of carbonyl (C=O) groups excluding carboxylic acids is 1. The number of hydrogen-bond acceptors (Lipinski definition) is 8. The molecule has 37 heavy (non-hydrogen) atoms. The summed E-state index contributed by atoms with van der Waals surface area (Å²) in [5, 5.41) is 7.01. The van der Waals surface area contributed by atoms with Crippen LogP contribution in [0, 0.1) is 0 Å². The van der Waals surface area contributed by atoms with Gasteiger partial charge in [0.15, 0.2) is 11.5 Å². The third kappa shape index (κ3) is 4.81. The van der Waals surface area contributed by atoms with Crippen molar-refractivity contribution in [2.45, 2.75) is 26.1 Å². The standard InChI is InChI=1S/C26H28N8O3/c1-4-12-33-24(35)21-15-28-25(30-19-9-8-18-14-27-11-10-17(18)13-19)31-23(21)34(33)22-7-5-6-20(29-22)16-32(2)26(36)37-3/h4-9,13,15,27H,1,10-12,14,16H2,2-3H3,(H,28,30,31). The molecule has 3 aromatic heterocycles. The molecule has 0 fully saturated rings. The van der Waals surface area contributed by atoms with Crippen LogP contribution >= 0.6 is 0 Å². The molecule has 0 bridgehead atoms. The molecule has 1 aromatic carbocycles. The van der Waals surface area contributed by atoms with E-state index >= 15 is 0 Å². The molecular weight excluding hydrogens is 472 g/mol. The minimum Gasteiger partial charge on any atom is -0.453 e. The normalized spacial score (nSPS) is 12.7. The van der Waals surface area contributed by atoms with Crippen LogP contribution in [-0.2, 0) is 30.8 Å². The highest BCUT2D eigenvalue weighted by Gasteiger charge is 2.19. The van der Waals surface area contributed by atoms with E-state index in [0.29, 0.717) is 28.5 Å². The van der Waals surface area contributed by atoms with Crippen LogP contribution in [0.25, 0.3) is 16.9 Å². The van der Waals surface area contributed by atoms with Gasteiger partial charge in [-0.1, -0.05) is 18.2 Å². The summed E-state index contributed by atoms with van der Waals surface area (Å²) in [7, 11) is 2.95. The lowest BCUT2D eigenvalue weighted by atomic mass is 10.0. The van der Waals surface area contributed by atoms with E-state index in [-0.39, 0.29) is 18.6 Å². The summed E-state index contributed by atoms with van der Waals surface area (Å²) in [6, 6.07) is 11.6. The third-order valence-electron chi connectivity index (χ3n) is 6.22. The van der Waals surface area contributed by atoms with Crippen molar-refractivity contribution in [3.8, 4) is 5.82 Å². The molecule has 0 aliphatic carbocycles. The minimum atomic E-state index is -0.468. The first-order valence-corrected chi connectivity index (χ1v) is 11.9. The zero-order chi connectivity index (χ0) is 25.9. The molecule has 0 saturated heterocycles. The Balaban J connectivity index is 1.55. The van der Waals surface area contributed by atoms with Gasteiger partial charge in [0, 0.05) is 25.5 Å². The molecule has 0 radical (unpaired) electrons. The number of carbonyl (C=O) groups is 1. The van der Waals surface area contributed by atoms with E-state index in [1.807, 2.05) is 12.1 Å². The molecule has 1 aliphatic rings. The number of rotatable bonds is 7. The summed E-state index contributed by atoms with van der Waals surface area (Å²) in [6.45, 7) is 6.10. The van der Waals surface area contributed by atoms with Crippen molar-refractivity contribution in [3.63, 3.8) is 0 Å². The van der Waals surface area contributed by atoms with Crippen LogP contribution in [0.5, 0.6) is 0 Å². The predicted molar refractivity (Wildman–Crippen MR) is 140 cm³/mol. The van der Waals surface area contributed by atoms with E-state index in [4.69, 9.17) is 14.7 Å². The highest BCUT2D eigenvalue weighted by molar-refractivity contribution is 5.77. The minimum absolute atomic E-state index is 0.237. The number of amides is 1. The highest BCUT2D eigenvalue weighted by Crippen LogP contribution is 2.22. The summed E-state index contributed by atoms with van der Waals surface area (Å²) in [4.78, 5) is 40.3. The van der Waals surface area contributed by atoms with Crippen LogP contribution in [0.2, 0.25) is 0 Å². The van der Waals surface area contributed by atoms with Crippen molar-refractivity contribution in [3.05, 3.63) is 82.4 Å². The maximum atomic E-state index is 13.2. The molecule has 0 saturated carbocycles. The summed E-state index contributed by atoms with van der Waals surface area (Å²) in [6.07, 6.45) is 3.66. The molecule has 0 spiro atoms. The smallest absolute Gasteiger partial charge is 0.409 e. The average molecular weight is 501 g/mol. The Hall–Kier alpha value is -4.51. The third-order valence-corrected chi connectivity index (χ3v) is 6.22. The van der Waals surface area contributed by atoms with Gasteiger partial charge in [0.25, 0.3) is 5.56 Å². The van der Waals surface area contributed by atoms with Crippen LogP contribution in [0.3, 0.4) is 0 Å². The zero-order valence-electron chi connectivity index (χ0n) is 20.8. The molecule has 5 rings (SSSR count). The molecule has 4 heterocycles. The molecule has 2 N–H and O–H groups in total. The van der Waals surface area contributed by atoms with E-state index in [1.54, 1.807) is 29.9 Å². The number of pyridine rings is 1. The second-order valence-corrected chi connectivity index (χ2v) is 8.77. The van der Waals surface area contributed by atoms with Crippen molar-refractivity contribution < 1.29 is 9.53 Å². The SMILES string of the molecule is C=CCn1c(=O)c2cnc(Nc3ccc4c(c3)CCNC4)nc2n1-c1cccc(CN(C)C(=O)OC)n1. The maximum absolute atomic E-state index is 13.2.